The minimum atomic E-state index is -4.44. The average molecular weight is 323 g/mol. The van der Waals surface area contributed by atoms with Crippen LogP contribution in [0, 0.1) is 0 Å². The Bertz CT molecular complexity index is 401. The number of hydrogen-bond acceptors (Lipinski definition) is 4. The summed E-state index contributed by atoms with van der Waals surface area (Å²) in [5, 5.41) is 2.79. The predicted molar refractivity (Wildman–Crippen MR) is 79.7 cm³/mol. The summed E-state index contributed by atoms with van der Waals surface area (Å²) in [5.41, 5.74) is -1.00. The number of phosphoric ester groups is 1. The van der Waals surface area contributed by atoms with Crippen molar-refractivity contribution in [3.63, 3.8) is 0 Å². The lowest BCUT2D eigenvalue weighted by Crippen LogP contribution is -2.44. The van der Waals surface area contributed by atoms with Crippen LogP contribution in [0.1, 0.15) is 40.5 Å². The monoisotopic (exact) mass is 323 g/mol. The van der Waals surface area contributed by atoms with E-state index < -0.39 is 19.0 Å². The summed E-state index contributed by atoms with van der Waals surface area (Å²) < 4.78 is 20.7. The van der Waals surface area contributed by atoms with Crippen LogP contribution in [-0.4, -0.2) is 40.0 Å². The standard InChI is InChI=1S/C13H26NO6P/c1-6-11(15)14-12(2,3)7-9-19-13(4,5)8-10-20-21(16,17)18/h6H,1,7-10H2,2-5H3,(H,14,15)(H2,16,17,18). The maximum absolute atomic E-state index is 11.3. The summed E-state index contributed by atoms with van der Waals surface area (Å²) in [6.07, 6.45) is 2.15. The van der Waals surface area contributed by atoms with Crippen LogP contribution in [0.5, 0.6) is 0 Å². The van der Waals surface area contributed by atoms with Crippen molar-refractivity contribution in [3.8, 4) is 0 Å². The van der Waals surface area contributed by atoms with Gasteiger partial charge in [-0.25, -0.2) is 4.57 Å². The number of phosphoric acid groups is 1. The second-order valence-corrected chi connectivity index (χ2v) is 7.25. The molecule has 0 aliphatic carbocycles. The molecule has 7 nitrogen and oxygen atoms in total. The zero-order valence-corrected chi connectivity index (χ0v) is 14.0. The third-order valence-electron chi connectivity index (χ3n) is 2.83. The van der Waals surface area contributed by atoms with Crippen LogP contribution in [0.4, 0.5) is 0 Å². The van der Waals surface area contributed by atoms with Crippen molar-refractivity contribution < 1.29 is 28.4 Å². The van der Waals surface area contributed by atoms with E-state index in [-0.39, 0.29) is 12.5 Å². The molecule has 0 aromatic heterocycles. The Morgan fingerprint density at radius 1 is 1.24 bits per heavy atom. The van der Waals surface area contributed by atoms with Crippen molar-refractivity contribution in [2.24, 2.45) is 0 Å². The topological polar surface area (TPSA) is 105 Å². The molecule has 3 N–H and O–H groups in total. The number of carbonyl (C=O) groups excluding carboxylic acids is 1. The van der Waals surface area contributed by atoms with Gasteiger partial charge in [0.1, 0.15) is 0 Å². The average Bonchev–Trinajstić information content (AvgIpc) is 2.25. The number of rotatable bonds is 10. The molecule has 0 radical (unpaired) electrons. The summed E-state index contributed by atoms with van der Waals surface area (Å²) in [6, 6.07) is 0. The summed E-state index contributed by atoms with van der Waals surface area (Å²) >= 11 is 0. The zero-order chi connectivity index (χ0) is 16.7. The van der Waals surface area contributed by atoms with Crippen LogP contribution in [0.3, 0.4) is 0 Å². The molecule has 124 valence electrons. The number of amides is 1. The molecule has 21 heavy (non-hydrogen) atoms. The first-order valence-corrected chi connectivity index (χ1v) is 8.19. The lowest BCUT2D eigenvalue weighted by molar-refractivity contribution is -0.118. The Morgan fingerprint density at radius 2 is 1.81 bits per heavy atom. The van der Waals surface area contributed by atoms with Gasteiger partial charge in [-0.15, -0.1) is 0 Å². The van der Waals surface area contributed by atoms with Gasteiger partial charge < -0.3 is 19.8 Å². The Hall–Kier alpha value is -0.720. The lowest BCUT2D eigenvalue weighted by Gasteiger charge is -2.30. The number of hydrogen-bond donors (Lipinski definition) is 3. The first-order chi connectivity index (χ1) is 9.37. The maximum Gasteiger partial charge on any atom is 0.469 e. The third kappa shape index (κ3) is 11.6. The van der Waals surface area contributed by atoms with Gasteiger partial charge in [0.05, 0.1) is 12.2 Å². The first-order valence-electron chi connectivity index (χ1n) is 6.65. The molecule has 0 aliphatic heterocycles. The second kappa shape index (κ2) is 8.06. The molecule has 0 rings (SSSR count). The van der Waals surface area contributed by atoms with E-state index in [1.165, 1.54) is 6.08 Å². The minimum absolute atomic E-state index is 0.0894. The van der Waals surface area contributed by atoms with Gasteiger partial charge in [-0.2, -0.15) is 0 Å². The van der Waals surface area contributed by atoms with Crippen LogP contribution < -0.4 is 5.32 Å². The summed E-state index contributed by atoms with van der Waals surface area (Å²) in [5.74, 6) is -0.241. The Labute approximate surface area is 126 Å². The smallest absolute Gasteiger partial charge is 0.375 e. The highest BCUT2D eigenvalue weighted by Gasteiger charge is 2.24. The van der Waals surface area contributed by atoms with Crippen molar-refractivity contribution >= 4 is 13.7 Å². The second-order valence-electron chi connectivity index (χ2n) is 6.01. The van der Waals surface area contributed by atoms with Gasteiger partial charge in [0, 0.05) is 12.1 Å². The third-order valence-corrected chi connectivity index (χ3v) is 3.35. The molecule has 0 bridgehead atoms. The predicted octanol–water partition coefficient (Wildman–Crippen LogP) is 1.75. The highest BCUT2D eigenvalue weighted by atomic mass is 31.2. The van der Waals surface area contributed by atoms with Crippen LogP contribution in [0.2, 0.25) is 0 Å². The van der Waals surface area contributed by atoms with Gasteiger partial charge in [0.15, 0.2) is 0 Å². The van der Waals surface area contributed by atoms with Crippen LogP contribution in [0.15, 0.2) is 12.7 Å². The van der Waals surface area contributed by atoms with Crippen molar-refractivity contribution in [1.82, 2.24) is 5.32 Å². The molecule has 0 saturated carbocycles. The minimum Gasteiger partial charge on any atom is -0.375 e. The maximum atomic E-state index is 11.3. The molecule has 0 heterocycles. The van der Waals surface area contributed by atoms with Gasteiger partial charge in [-0.3, -0.25) is 9.32 Å². The highest BCUT2D eigenvalue weighted by Crippen LogP contribution is 2.36. The van der Waals surface area contributed by atoms with E-state index >= 15 is 0 Å². The van der Waals surface area contributed by atoms with Gasteiger partial charge in [0.2, 0.25) is 5.91 Å². The SMILES string of the molecule is C=CC(=O)NC(C)(C)CCOC(C)(C)CCOP(=O)(O)O. The van der Waals surface area contributed by atoms with Crippen LogP contribution in [0.25, 0.3) is 0 Å². The van der Waals surface area contributed by atoms with Crippen LogP contribution >= 0.6 is 7.82 Å². The molecular formula is C13H26NO6P. The molecule has 0 saturated heterocycles. The van der Waals surface area contributed by atoms with E-state index in [0.717, 1.165) is 0 Å². The fraction of sp³-hybridized carbons (Fsp3) is 0.769. The van der Waals surface area contributed by atoms with Crippen molar-refractivity contribution in [3.05, 3.63) is 12.7 Å². The van der Waals surface area contributed by atoms with E-state index in [1.54, 1.807) is 0 Å². The lowest BCUT2D eigenvalue weighted by atomic mass is 10.0. The number of ether oxygens (including phenoxy) is 1. The summed E-state index contributed by atoms with van der Waals surface area (Å²) in [4.78, 5) is 28.5. The van der Waals surface area contributed by atoms with Gasteiger partial charge in [-0.1, -0.05) is 6.58 Å². The molecule has 0 spiro atoms. The molecule has 0 atom stereocenters. The number of carbonyl (C=O) groups is 1. The Morgan fingerprint density at radius 3 is 2.29 bits per heavy atom. The normalized spacial score (nSPS) is 13.0. The highest BCUT2D eigenvalue weighted by molar-refractivity contribution is 7.46. The molecule has 0 fully saturated rings. The Balaban J connectivity index is 4.10. The zero-order valence-electron chi connectivity index (χ0n) is 13.1. The molecular weight excluding hydrogens is 297 g/mol. The van der Waals surface area contributed by atoms with Crippen molar-refractivity contribution in [2.45, 2.75) is 51.7 Å². The molecule has 1 amide bonds. The molecule has 0 aliphatic rings. The van der Waals surface area contributed by atoms with E-state index in [1.807, 2.05) is 27.7 Å². The Kier molecular flexibility index (Phi) is 7.78. The van der Waals surface area contributed by atoms with E-state index in [4.69, 9.17) is 14.5 Å². The van der Waals surface area contributed by atoms with Crippen LogP contribution in [-0.2, 0) is 18.6 Å². The van der Waals surface area contributed by atoms with E-state index in [9.17, 15) is 9.36 Å². The van der Waals surface area contributed by atoms with E-state index in [0.29, 0.717) is 19.4 Å². The quantitative estimate of drug-likeness (QED) is 0.418. The molecule has 0 unspecified atom stereocenters. The fourth-order valence-corrected chi connectivity index (χ4v) is 1.84. The summed E-state index contributed by atoms with van der Waals surface area (Å²) in [6.45, 7) is 11.1. The largest absolute Gasteiger partial charge is 0.469 e. The molecule has 0 aromatic carbocycles. The van der Waals surface area contributed by atoms with E-state index in [2.05, 4.69) is 16.4 Å². The number of nitrogens with one attached hydrogen (secondary N) is 1. The fourth-order valence-electron chi connectivity index (χ4n) is 1.51. The molecule has 0 aromatic rings. The van der Waals surface area contributed by atoms with Gasteiger partial charge in [0.25, 0.3) is 0 Å². The van der Waals surface area contributed by atoms with Crippen molar-refractivity contribution in [1.29, 1.82) is 0 Å². The van der Waals surface area contributed by atoms with Crippen molar-refractivity contribution in [2.75, 3.05) is 13.2 Å². The van der Waals surface area contributed by atoms with Gasteiger partial charge in [-0.05, 0) is 46.6 Å². The first kappa shape index (κ1) is 20.3. The van der Waals surface area contributed by atoms with Gasteiger partial charge >= 0.3 is 7.82 Å². The summed E-state index contributed by atoms with van der Waals surface area (Å²) in [7, 11) is -4.44. The molecule has 8 heteroatoms.